The topological polar surface area (TPSA) is 81.2 Å². The van der Waals surface area contributed by atoms with Crippen LogP contribution in [0.5, 0.6) is 0 Å². The lowest BCUT2D eigenvalue weighted by Gasteiger charge is -2.26. The number of anilines is 1. The lowest BCUT2D eigenvalue weighted by molar-refractivity contribution is -0.125. The Morgan fingerprint density at radius 3 is 3.13 bits per heavy atom. The van der Waals surface area contributed by atoms with Crippen molar-refractivity contribution in [2.75, 3.05) is 5.32 Å². The highest BCUT2D eigenvalue weighted by Crippen LogP contribution is 2.37. The lowest BCUT2D eigenvalue weighted by Crippen LogP contribution is -2.44. The van der Waals surface area contributed by atoms with Crippen LogP contribution in [0.1, 0.15) is 26.2 Å². The number of nitrogens with one attached hydrogen (secondary N) is 1. The van der Waals surface area contributed by atoms with E-state index in [1.807, 2.05) is 6.92 Å². The molecule has 15 heavy (non-hydrogen) atoms. The summed E-state index contributed by atoms with van der Waals surface area (Å²) in [4.78, 5) is 12.0. The van der Waals surface area contributed by atoms with Crippen LogP contribution in [0.4, 0.5) is 5.69 Å². The molecule has 1 heterocycles. The van der Waals surface area contributed by atoms with Gasteiger partial charge in [-0.3, -0.25) is 4.79 Å². The average molecular weight is 209 g/mol. The number of amides is 1. The van der Waals surface area contributed by atoms with E-state index in [2.05, 4.69) is 15.0 Å². The SMILES string of the molecule is CC1(C(=O)Nc2cnoc2)CCCC1N. The first-order valence-electron chi connectivity index (χ1n) is 5.09. The van der Waals surface area contributed by atoms with Gasteiger partial charge in [-0.05, 0) is 19.8 Å². The fourth-order valence-electron chi connectivity index (χ4n) is 2.02. The highest BCUT2D eigenvalue weighted by Gasteiger charge is 2.42. The van der Waals surface area contributed by atoms with Crippen molar-refractivity contribution in [3.8, 4) is 0 Å². The molecule has 0 radical (unpaired) electrons. The Morgan fingerprint density at radius 1 is 1.80 bits per heavy atom. The smallest absolute Gasteiger partial charge is 0.232 e. The molecule has 0 aromatic carbocycles. The molecule has 3 N–H and O–H groups in total. The second kappa shape index (κ2) is 3.66. The molecule has 1 aliphatic rings. The Morgan fingerprint density at radius 2 is 2.60 bits per heavy atom. The summed E-state index contributed by atoms with van der Waals surface area (Å²) < 4.78 is 4.64. The molecule has 0 aliphatic heterocycles. The van der Waals surface area contributed by atoms with Crippen LogP contribution in [0.2, 0.25) is 0 Å². The summed E-state index contributed by atoms with van der Waals surface area (Å²) in [6, 6.07) is -0.0580. The number of carbonyl (C=O) groups excluding carboxylic acids is 1. The summed E-state index contributed by atoms with van der Waals surface area (Å²) in [6.45, 7) is 1.91. The minimum absolute atomic E-state index is 0.0456. The molecule has 5 nitrogen and oxygen atoms in total. The van der Waals surface area contributed by atoms with E-state index in [4.69, 9.17) is 5.73 Å². The molecule has 0 saturated heterocycles. The first-order chi connectivity index (χ1) is 7.13. The third-order valence-electron chi connectivity index (χ3n) is 3.24. The van der Waals surface area contributed by atoms with E-state index in [1.54, 1.807) is 0 Å². The van der Waals surface area contributed by atoms with Gasteiger partial charge in [-0.2, -0.15) is 0 Å². The Bertz CT molecular complexity index is 350. The molecule has 1 aromatic rings. The average Bonchev–Trinajstić information content (AvgIpc) is 2.79. The van der Waals surface area contributed by atoms with Crippen molar-refractivity contribution in [1.82, 2.24) is 5.16 Å². The summed E-state index contributed by atoms with van der Waals surface area (Å²) in [5.41, 5.74) is 6.07. The van der Waals surface area contributed by atoms with Gasteiger partial charge in [-0.15, -0.1) is 0 Å². The highest BCUT2D eigenvalue weighted by atomic mass is 16.5. The maximum Gasteiger partial charge on any atom is 0.232 e. The van der Waals surface area contributed by atoms with Gasteiger partial charge in [0.1, 0.15) is 12.0 Å². The van der Waals surface area contributed by atoms with Crippen molar-refractivity contribution in [2.45, 2.75) is 32.2 Å². The van der Waals surface area contributed by atoms with Crippen molar-refractivity contribution in [3.63, 3.8) is 0 Å². The lowest BCUT2D eigenvalue weighted by atomic mass is 9.84. The summed E-state index contributed by atoms with van der Waals surface area (Å²) >= 11 is 0. The molecular formula is C10H15N3O2. The minimum atomic E-state index is -0.461. The van der Waals surface area contributed by atoms with E-state index in [1.165, 1.54) is 12.5 Å². The van der Waals surface area contributed by atoms with Crippen molar-refractivity contribution >= 4 is 11.6 Å². The fourth-order valence-corrected chi connectivity index (χ4v) is 2.02. The molecular weight excluding hydrogens is 194 g/mol. The molecule has 1 fully saturated rings. The maximum atomic E-state index is 12.0. The highest BCUT2D eigenvalue weighted by molar-refractivity contribution is 5.95. The minimum Gasteiger partial charge on any atom is -0.363 e. The van der Waals surface area contributed by atoms with E-state index in [0.717, 1.165) is 19.3 Å². The van der Waals surface area contributed by atoms with E-state index in [9.17, 15) is 4.79 Å². The van der Waals surface area contributed by atoms with Crippen LogP contribution in [-0.4, -0.2) is 17.1 Å². The Kier molecular flexibility index (Phi) is 2.48. The molecule has 2 rings (SSSR count). The monoisotopic (exact) mass is 209 g/mol. The molecule has 0 bridgehead atoms. The molecule has 0 spiro atoms. The van der Waals surface area contributed by atoms with Gasteiger partial charge >= 0.3 is 0 Å². The standard InChI is InChI=1S/C10H15N3O2/c1-10(4-2-3-8(10)11)9(14)13-7-5-12-15-6-7/h5-6,8H,2-4,11H2,1H3,(H,13,14). The van der Waals surface area contributed by atoms with Gasteiger partial charge in [0.15, 0.2) is 0 Å². The number of aromatic nitrogens is 1. The fraction of sp³-hybridized carbons (Fsp3) is 0.600. The first kappa shape index (κ1) is 10.2. The number of hydrogen-bond acceptors (Lipinski definition) is 4. The van der Waals surface area contributed by atoms with Crippen LogP contribution in [-0.2, 0) is 4.79 Å². The molecule has 1 amide bonds. The molecule has 5 heteroatoms. The number of rotatable bonds is 2. The molecule has 2 atom stereocenters. The van der Waals surface area contributed by atoms with Crippen LogP contribution in [0.15, 0.2) is 17.0 Å². The van der Waals surface area contributed by atoms with Gasteiger partial charge in [0, 0.05) is 6.04 Å². The van der Waals surface area contributed by atoms with Crippen LogP contribution in [0.3, 0.4) is 0 Å². The van der Waals surface area contributed by atoms with Gasteiger partial charge in [-0.1, -0.05) is 11.6 Å². The Hall–Kier alpha value is -1.36. The summed E-state index contributed by atoms with van der Waals surface area (Å²) in [6.07, 6.45) is 5.64. The zero-order chi connectivity index (χ0) is 10.9. The van der Waals surface area contributed by atoms with Crippen molar-refractivity contribution in [3.05, 3.63) is 12.5 Å². The van der Waals surface area contributed by atoms with Gasteiger partial charge < -0.3 is 15.6 Å². The van der Waals surface area contributed by atoms with Gasteiger partial charge in [0.25, 0.3) is 0 Å². The second-order valence-electron chi connectivity index (χ2n) is 4.28. The number of carbonyl (C=O) groups is 1. The van der Waals surface area contributed by atoms with Crippen LogP contribution in [0.25, 0.3) is 0 Å². The third kappa shape index (κ3) is 1.74. The summed E-state index contributed by atoms with van der Waals surface area (Å²) in [5.74, 6) is -0.0456. The summed E-state index contributed by atoms with van der Waals surface area (Å²) in [7, 11) is 0. The van der Waals surface area contributed by atoms with Gasteiger partial charge in [0.2, 0.25) is 5.91 Å². The number of nitrogens with zero attached hydrogens (tertiary/aromatic N) is 1. The van der Waals surface area contributed by atoms with Gasteiger partial charge in [-0.25, -0.2) is 0 Å². The molecule has 82 valence electrons. The van der Waals surface area contributed by atoms with Crippen LogP contribution >= 0.6 is 0 Å². The predicted molar refractivity (Wildman–Crippen MR) is 55.1 cm³/mol. The van der Waals surface area contributed by atoms with E-state index < -0.39 is 5.41 Å². The zero-order valence-electron chi connectivity index (χ0n) is 8.69. The maximum absolute atomic E-state index is 12.0. The molecule has 1 aliphatic carbocycles. The Labute approximate surface area is 88.0 Å². The van der Waals surface area contributed by atoms with Crippen LogP contribution < -0.4 is 11.1 Å². The van der Waals surface area contributed by atoms with Crippen molar-refractivity contribution < 1.29 is 9.32 Å². The van der Waals surface area contributed by atoms with Crippen molar-refractivity contribution in [1.29, 1.82) is 0 Å². The first-order valence-corrected chi connectivity index (χ1v) is 5.09. The Balaban J connectivity index is 2.07. The summed E-state index contributed by atoms with van der Waals surface area (Å²) in [5, 5.41) is 6.28. The van der Waals surface area contributed by atoms with E-state index in [-0.39, 0.29) is 11.9 Å². The predicted octanol–water partition coefficient (Wildman–Crippen LogP) is 1.13. The number of hydrogen-bond donors (Lipinski definition) is 2. The van der Waals surface area contributed by atoms with Crippen molar-refractivity contribution in [2.24, 2.45) is 11.1 Å². The van der Waals surface area contributed by atoms with Gasteiger partial charge in [0.05, 0.1) is 11.6 Å². The molecule has 1 aromatic heterocycles. The normalized spacial score (nSPS) is 30.4. The van der Waals surface area contributed by atoms with E-state index in [0.29, 0.717) is 5.69 Å². The molecule has 2 unspecified atom stereocenters. The largest absolute Gasteiger partial charge is 0.363 e. The van der Waals surface area contributed by atoms with Crippen LogP contribution in [0, 0.1) is 5.41 Å². The second-order valence-corrected chi connectivity index (χ2v) is 4.28. The zero-order valence-corrected chi connectivity index (χ0v) is 8.69. The quantitative estimate of drug-likeness (QED) is 0.765. The number of nitrogens with two attached hydrogens (primary N) is 1. The van der Waals surface area contributed by atoms with E-state index >= 15 is 0 Å². The molecule has 1 saturated carbocycles. The third-order valence-corrected chi connectivity index (χ3v) is 3.24.